The summed E-state index contributed by atoms with van der Waals surface area (Å²) in [6.45, 7) is 2.63. The monoisotopic (exact) mass is 367 g/mol. The van der Waals surface area contributed by atoms with E-state index in [0.717, 1.165) is 23.3 Å². The fraction of sp³-hybridized carbons (Fsp3) is 0.250. The lowest BCUT2D eigenvalue weighted by Gasteiger charge is -2.06. The van der Waals surface area contributed by atoms with Crippen LogP contribution in [0.25, 0.3) is 22.8 Å². The lowest BCUT2D eigenvalue weighted by atomic mass is 10.2. The van der Waals surface area contributed by atoms with Crippen LogP contribution in [0, 0.1) is 0 Å². The van der Waals surface area contributed by atoms with Crippen molar-refractivity contribution >= 4 is 5.91 Å². The fourth-order valence-electron chi connectivity index (χ4n) is 2.36. The molecular weight excluding hydrogens is 346 g/mol. The number of benzene rings is 2. The summed E-state index contributed by atoms with van der Waals surface area (Å²) >= 11 is 0. The average molecular weight is 367 g/mol. The number of hydrogen-bond acceptors (Lipinski definition) is 6. The smallest absolute Gasteiger partial charge is 0.258 e. The van der Waals surface area contributed by atoms with Crippen molar-refractivity contribution in [1.82, 2.24) is 15.5 Å². The summed E-state index contributed by atoms with van der Waals surface area (Å²) < 4.78 is 16.0. The lowest BCUT2D eigenvalue weighted by Crippen LogP contribution is -2.29. The van der Waals surface area contributed by atoms with Gasteiger partial charge in [0.25, 0.3) is 11.8 Å². The molecule has 1 heterocycles. The molecule has 3 aromatic rings. The molecule has 0 fully saturated rings. The third-order valence-corrected chi connectivity index (χ3v) is 3.82. The number of carbonyl (C=O) groups is 1. The number of rotatable bonds is 8. The summed E-state index contributed by atoms with van der Waals surface area (Å²) in [7, 11) is 1.62. The predicted molar refractivity (Wildman–Crippen MR) is 101 cm³/mol. The highest BCUT2D eigenvalue weighted by molar-refractivity contribution is 5.77. The van der Waals surface area contributed by atoms with E-state index in [-0.39, 0.29) is 12.5 Å². The molecule has 7 heteroatoms. The molecule has 140 valence electrons. The quantitative estimate of drug-likeness (QED) is 0.657. The zero-order chi connectivity index (χ0) is 19.1. The van der Waals surface area contributed by atoms with Crippen LogP contribution in [0.3, 0.4) is 0 Å². The molecule has 1 amide bonds. The number of aromatic nitrogens is 2. The zero-order valence-electron chi connectivity index (χ0n) is 15.3. The fourth-order valence-corrected chi connectivity index (χ4v) is 2.36. The molecule has 1 aromatic heterocycles. The van der Waals surface area contributed by atoms with Crippen LogP contribution >= 0.6 is 0 Å². The first kappa shape index (κ1) is 18.4. The van der Waals surface area contributed by atoms with E-state index in [2.05, 4.69) is 15.5 Å². The number of amides is 1. The molecule has 1 N–H and O–H groups in total. The van der Waals surface area contributed by atoms with Crippen molar-refractivity contribution < 1.29 is 18.8 Å². The Morgan fingerprint density at radius 2 is 1.70 bits per heavy atom. The first-order chi connectivity index (χ1) is 13.2. The van der Waals surface area contributed by atoms with Gasteiger partial charge in [-0.3, -0.25) is 4.79 Å². The van der Waals surface area contributed by atoms with Gasteiger partial charge >= 0.3 is 0 Å². The highest BCUT2D eigenvalue weighted by Crippen LogP contribution is 2.25. The van der Waals surface area contributed by atoms with Crippen molar-refractivity contribution in [3.8, 4) is 34.3 Å². The summed E-state index contributed by atoms with van der Waals surface area (Å²) in [5.41, 5.74) is 1.61. The molecule has 0 bridgehead atoms. The SMILES string of the molecule is CCCNC(=O)COc1ccc(-c2nc(-c3ccc(OC)cc3)no2)cc1. The van der Waals surface area contributed by atoms with Crippen LogP contribution < -0.4 is 14.8 Å². The van der Waals surface area contributed by atoms with Gasteiger partial charge in [0.15, 0.2) is 6.61 Å². The Morgan fingerprint density at radius 1 is 1.04 bits per heavy atom. The Hall–Kier alpha value is -3.35. The van der Waals surface area contributed by atoms with E-state index >= 15 is 0 Å². The summed E-state index contributed by atoms with van der Waals surface area (Å²) in [6.07, 6.45) is 0.892. The van der Waals surface area contributed by atoms with Gasteiger partial charge in [-0.2, -0.15) is 4.98 Å². The molecule has 0 aliphatic carbocycles. The molecule has 2 aromatic carbocycles. The van der Waals surface area contributed by atoms with Crippen LogP contribution in [0.5, 0.6) is 11.5 Å². The minimum Gasteiger partial charge on any atom is -0.497 e. The highest BCUT2D eigenvalue weighted by atomic mass is 16.5. The first-order valence-electron chi connectivity index (χ1n) is 8.67. The maximum atomic E-state index is 11.6. The topological polar surface area (TPSA) is 86.5 Å². The lowest BCUT2D eigenvalue weighted by molar-refractivity contribution is -0.123. The number of methoxy groups -OCH3 is 1. The molecule has 27 heavy (non-hydrogen) atoms. The summed E-state index contributed by atoms with van der Waals surface area (Å²) in [5, 5.41) is 6.78. The van der Waals surface area contributed by atoms with E-state index in [9.17, 15) is 4.79 Å². The predicted octanol–water partition coefficient (Wildman–Crippen LogP) is 3.32. The zero-order valence-corrected chi connectivity index (χ0v) is 15.3. The maximum Gasteiger partial charge on any atom is 0.258 e. The van der Waals surface area contributed by atoms with E-state index in [1.165, 1.54) is 0 Å². The molecule has 0 spiro atoms. The summed E-state index contributed by atoms with van der Waals surface area (Å²) in [4.78, 5) is 16.0. The second-order valence-electron chi connectivity index (χ2n) is 5.81. The second kappa shape index (κ2) is 8.84. The molecule has 0 aliphatic heterocycles. The molecule has 7 nitrogen and oxygen atoms in total. The molecule has 0 saturated carbocycles. The van der Waals surface area contributed by atoms with Gasteiger partial charge in [0.1, 0.15) is 11.5 Å². The van der Waals surface area contributed by atoms with Crippen LogP contribution in [0.1, 0.15) is 13.3 Å². The maximum absolute atomic E-state index is 11.6. The van der Waals surface area contributed by atoms with Crippen molar-refractivity contribution in [2.24, 2.45) is 0 Å². The minimum atomic E-state index is -0.137. The molecule has 0 aliphatic rings. The third kappa shape index (κ3) is 4.84. The number of nitrogens with one attached hydrogen (secondary N) is 1. The molecule has 0 atom stereocenters. The van der Waals surface area contributed by atoms with Crippen LogP contribution in [0.15, 0.2) is 53.1 Å². The number of hydrogen-bond donors (Lipinski definition) is 1. The largest absolute Gasteiger partial charge is 0.497 e. The van der Waals surface area contributed by atoms with E-state index in [1.807, 2.05) is 43.3 Å². The Kier molecular flexibility index (Phi) is 6.04. The second-order valence-corrected chi connectivity index (χ2v) is 5.81. The normalized spacial score (nSPS) is 10.4. The Labute approximate surface area is 157 Å². The van der Waals surface area contributed by atoms with E-state index in [4.69, 9.17) is 14.0 Å². The van der Waals surface area contributed by atoms with Gasteiger partial charge in [0.2, 0.25) is 5.82 Å². The van der Waals surface area contributed by atoms with Crippen molar-refractivity contribution in [2.45, 2.75) is 13.3 Å². The Balaban J connectivity index is 1.63. The average Bonchev–Trinajstić information content (AvgIpc) is 3.21. The van der Waals surface area contributed by atoms with Gasteiger partial charge in [0.05, 0.1) is 7.11 Å². The van der Waals surface area contributed by atoms with Gasteiger partial charge in [-0.25, -0.2) is 0 Å². The van der Waals surface area contributed by atoms with E-state index < -0.39 is 0 Å². The van der Waals surface area contributed by atoms with Crippen LogP contribution in [-0.4, -0.2) is 36.3 Å². The number of ether oxygens (including phenoxy) is 2. The molecule has 0 saturated heterocycles. The van der Waals surface area contributed by atoms with Gasteiger partial charge in [0, 0.05) is 17.7 Å². The van der Waals surface area contributed by atoms with E-state index in [1.54, 1.807) is 19.2 Å². The Morgan fingerprint density at radius 3 is 2.37 bits per heavy atom. The van der Waals surface area contributed by atoms with Crippen molar-refractivity contribution in [3.05, 3.63) is 48.5 Å². The van der Waals surface area contributed by atoms with Crippen molar-refractivity contribution in [3.63, 3.8) is 0 Å². The molecule has 0 radical (unpaired) electrons. The molecular formula is C20H21N3O4. The van der Waals surface area contributed by atoms with Crippen molar-refractivity contribution in [2.75, 3.05) is 20.3 Å². The molecule has 0 unspecified atom stereocenters. The highest BCUT2D eigenvalue weighted by Gasteiger charge is 2.11. The standard InChI is InChI=1S/C20H21N3O4/c1-3-12-21-18(24)13-26-17-10-6-15(7-11-17)20-22-19(23-27-20)14-4-8-16(25-2)9-5-14/h4-11H,3,12-13H2,1-2H3,(H,21,24). The van der Waals surface area contributed by atoms with E-state index in [0.29, 0.717) is 24.0 Å². The Bertz CT molecular complexity index is 873. The van der Waals surface area contributed by atoms with Gasteiger partial charge in [-0.1, -0.05) is 12.1 Å². The minimum absolute atomic E-state index is 0.0124. The van der Waals surface area contributed by atoms with Crippen LogP contribution in [0.2, 0.25) is 0 Å². The van der Waals surface area contributed by atoms with Crippen LogP contribution in [-0.2, 0) is 4.79 Å². The van der Waals surface area contributed by atoms with Crippen LogP contribution in [0.4, 0.5) is 0 Å². The number of nitrogens with zero attached hydrogens (tertiary/aromatic N) is 2. The van der Waals surface area contributed by atoms with Gasteiger partial charge in [-0.05, 0) is 55.0 Å². The summed E-state index contributed by atoms with van der Waals surface area (Å²) in [5.74, 6) is 2.14. The third-order valence-electron chi connectivity index (χ3n) is 3.82. The summed E-state index contributed by atoms with van der Waals surface area (Å²) in [6, 6.07) is 14.6. The number of carbonyl (C=O) groups excluding carboxylic acids is 1. The first-order valence-corrected chi connectivity index (χ1v) is 8.67. The molecule has 3 rings (SSSR count). The van der Waals surface area contributed by atoms with Crippen molar-refractivity contribution in [1.29, 1.82) is 0 Å². The van der Waals surface area contributed by atoms with Gasteiger partial charge in [-0.15, -0.1) is 0 Å². The van der Waals surface area contributed by atoms with Gasteiger partial charge < -0.3 is 19.3 Å².